The van der Waals surface area contributed by atoms with Crippen molar-refractivity contribution >= 4 is 22.5 Å². The van der Waals surface area contributed by atoms with Crippen LogP contribution in [0.5, 0.6) is 0 Å². The molecule has 0 unspecified atom stereocenters. The van der Waals surface area contributed by atoms with E-state index < -0.39 is 11.9 Å². The second-order valence-corrected chi connectivity index (χ2v) is 7.38. The Bertz CT molecular complexity index is 838. The summed E-state index contributed by atoms with van der Waals surface area (Å²) < 4.78 is 40.0. The average Bonchev–Trinajstić information content (AvgIpc) is 2.84. The minimum absolute atomic E-state index is 0.0304. The van der Waals surface area contributed by atoms with Crippen molar-refractivity contribution in [2.45, 2.75) is 32.5 Å². The fourth-order valence-electron chi connectivity index (χ4n) is 3.50. The van der Waals surface area contributed by atoms with Gasteiger partial charge in [0.15, 0.2) is 0 Å². The van der Waals surface area contributed by atoms with E-state index in [1.54, 1.807) is 24.3 Å². The van der Waals surface area contributed by atoms with Gasteiger partial charge in [-0.15, -0.1) is 0 Å². The quantitative estimate of drug-likeness (QED) is 0.865. The Labute approximate surface area is 162 Å². The number of anilines is 1. The number of halogens is 3. The lowest BCUT2D eigenvalue weighted by Gasteiger charge is -2.25. The number of pyridine rings is 1. The summed E-state index contributed by atoms with van der Waals surface area (Å²) in [7, 11) is 0. The summed E-state index contributed by atoms with van der Waals surface area (Å²) in [5.74, 6) is -0.0304. The van der Waals surface area contributed by atoms with Crippen LogP contribution in [0, 0.1) is 0 Å². The molecule has 0 spiro atoms. The molecule has 1 aliphatic heterocycles. The highest BCUT2D eigenvalue weighted by atomic mass is 19.4. The predicted molar refractivity (Wildman–Crippen MR) is 103 cm³/mol. The molecule has 0 atom stereocenters. The van der Waals surface area contributed by atoms with Gasteiger partial charge in [0.2, 0.25) is 5.91 Å². The first kappa shape index (κ1) is 20.4. The summed E-state index contributed by atoms with van der Waals surface area (Å²) in [6, 6.07) is 8.13. The molecule has 1 aromatic carbocycles. The smallest absolute Gasteiger partial charge is 0.370 e. The van der Waals surface area contributed by atoms with Crippen molar-refractivity contribution in [3.8, 4) is 0 Å². The average molecular weight is 394 g/mol. The summed E-state index contributed by atoms with van der Waals surface area (Å²) >= 11 is 0. The van der Waals surface area contributed by atoms with Crippen molar-refractivity contribution in [3.05, 3.63) is 36.0 Å². The molecule has 2 heterocycles. The normalized spacial score (nSPS) is 16.4. The molecule has 2 aromatic rings. The first-order chi connectivity index (χ1) is 13.2. The lowest BCUT2D eigenvalue weighted by molar-refractivity contribution is -0.140. The Balaban J connectivity index is 1.82. The number of carbonyl (C=O) groups is 1. The highest BCUT2D eigenvalue weighted by Gasteiger charge is 2.34. The van der Waals surface area contributed by atoms with E-state index in [1.165, 1.54) is 0 Å². The van der Waals surface area contributed by atoms with Crippen molar-refractivity contribution in [3.63, 3.8) is 0 Å². The summed E-state index contributed by atoms with van der Waals surface area (Å²) in [6.45, 7) is 6.66. The van der Waals surface area contributed by atoms with E-state index in [-0.39, 0.29) is 11.9 Å². The van der Waals surface area contributed by atoms with Crippen molar-refractivity contribution < 1.29 is 18.0 Å². The fourth-order valence-corrected chi connectivity index (χ4v) is 3.50. The van der Waals surface area contributed by atoms with E-state index in [4.69, 9.17) is 0 Å². The molecule has 1 aliphatic rings. The maximum atomic E-state index is 13.3. The van der Waals surface area contributed by atoms with E-state index >= 15 is 0 Å². The lowest BCUT2D eigenvalue weighted by Crippen LogP contribution is -2.41. The molecule has 5 nitrogen and oxygen atoms in total. The van der Waals surface area contributed by atoms with Gasteiger partial charge in [0.25, 0.3) is 0 Å². The maximum Gasteiger partial charge on any atom is 0.433 e. The molecular weight excluding hydrogens is 369 g/mol. The van der Waals surface area contributed by atoms with Gasteiger partial charge in [0.05, 0.1) is 12.1 Å². The fraction of sp³-hybridized carbons (Fsp3) is 0.500. The van der Waals surface area contributed by atoms with Gasteiger partial charge in [-0.05, 0) is 32.4 Å². The Hall–Kier alpha value is -2.35. The highest BCUT2D eigenvalue weighted by Crippen LogP contribution is 2.34. The molecule has 28 heavy (non-hydrogen) atoms. The number of amides is 1. The third-order valence-corrected chi connectivity index (χ3v) is 4.73. The van der Waals surface area contributed by atoms with Gasteiger partial charge in [-0.25, -0.2) is 4.98 Å². The third kappa shape index (κ3) is 4.92. The zero-order chi connectivity index (χ0) is 20.3. The molecule has 0 bridgehead atoms. The van der Waals surface area contributed by atoms with Crippen molar-refractivity contribution in [1.29, 1.82) is 0 Å². The molecule has 152 valence electrons. The summed E-state index contributed by atoms with van der Waals surface area (Å²) in [6.07, 6.45) is -3.72. The van der Waals surface area contributed by atoms with Crippen molar-refractivity contribution in [2.24, 2.45) is 0 Å². The Morgan fingerprint density at radius 1 is 1.18 bits per heavy atom. The molecular formula is C20H25F3N4O. The van der Waals surface area contributed by atoms with Crippen LogP contribution in [0.3, 0.4) is 0 Å². The van der Waals surface area contributed by atoms with Crippen LogP contribution in [0.1, 0.15) is 26.0 Å². The number of alkyl halides is 3. The molecule has 0 aliphatic carbocycles. The number of rotatable bonds is 4. The number of nitrogens with one attached hydrogen (secondary N) is 1. The topological polar surface area (TPSA) is 48.5 Å². The van der Waals surface area contributed by atoms with Gasteiger partial charge in [-0.2, -0.15) is 13.2 Å². The van der Waals surface area contributed by atoms with E-state index in [0.717, 1.165) is 19.0 Å². The number of para-hydroxylation sites is 1. The van der Waals surface area contributed by atoms with Gasteiger partial charge in [0, 0.05) is 43.3 Å². The Morgan fingerprint density at radius 3 is 2.64 bits per heavy atom. The van der Waals surface area contributed by atoms with Crippen molar-refractivity contribution in [2.75, 3.05) is 37.6 Å². The molecule has 0 saturated carbocycles. The number of aromatic nitrogens is 1. The second kappa shape index (κ2) is 8.34. The Morgan fingerprint density at radius 2 is 1.93 bits per heavy atom. The third-order valence-electron chi connectivity index (χ3n) is 4.73. The molecule has 8 heteroatoms. The monoisotopic (exact) mass is 394 g/mol. The molecule has 1 aromatic heterocycles. The van der Waals surface area contributed by atoms with Crippen LogP contribution in [0.4, 0.5) is 18.9 Å². The molecule has 0 radical (unpaired) electrons. The van der Waals surface area contributed by atoms with Gasteiger partial charge in [-0.3, -0.25) is 9.69 Å². The van der Waals surface area contributed by atoms with Crippen LogP contribution in [-0.2, 0) is 11.0 Å². The molecule has 3 rings (SSSR count). The van der Waals surface area contributed by atoms with Crippen LogP contribution >= 0.6 is 0 Å². The summed E-state index contributed by atoms with van der Waals surface area (Å²) in [5.41, 5.74) is 0.00904. The van der Waals surface area contributed by atoms with Gasteiger partial charge in [-0.1, -0.05) is 18.2 Å². The predicted octanol–water partition coefficient (Wildman–Crippen LogP) is 3.29. The van der Waals surface area contributed by atoms with Gasteiger partial charge < -0.3 is 10.2 Å². The largest absolute Gasteiger partial charge is 0.433 e. The van der Waals surface area contributed by atoms with Crippen LogP contribution in [-0.4, -0.2) is 54.6 Å². The van der Waals surface area contributed by atoms with Gasteiger partial charge >= 0.3 is 6.18 Å². The first-order valence-corrected chi connectivity index (χ1v) is 9.47. The zero-order valence-corrected chi connectivity index (χ0v) is 16.1. The first-order valence-electron chi connectivity index (χ1n) is 9.47. The summed E-state index contributed by atoms with van der Waals surface area (Å²) in [5, 5.41) is 3.58. The number of fused-ring (bicyclic) bond motifs is 1. The Kier molecular flexibility index (Phi) is 6.07. The standard InChI is InChI=1S/C20H25F3N4O/c1-14(2)24-19(28)13-26-8-5-9-27(11-10-26)17-12-18(20(21,22)23)25-16-7-4-3-6-15(16)17/h3-4,6-7,12,14H,5,8-11,13H2,1-2H3,(H,24,28). The molecule has 1 saturated heterocycles. The van der Waals surface area contributed by atoms with Crippen LogP contribution in [0.2, 0.25) is 0 Å². The molecule has 1 N–H and O–H groups in total. The minimum atomic E-state index is -4.49. The van der Waals surface area contributed by atoms with Crippen LogP contribution in [0.15, 0.2) is 30.3 Å². The second-order valence-electron chi connectivity index (χ2n) is 7.38. The van der Waals surface area contributed by atoms with E-state index in [9.17, 15) is 18.0 Å². The number of hydrogen-bond acceptors (Lipinski definition) is 4. The minimum Gasteiger partial charge on any atom is -0.370 e. The van der Waals surface area contributed by atoms with E-state index in [2.05, 4.69) is 10.3 Å². The molecule has 1 amide bonds. The lowest BCUT2D eigenvalue weighted by atomic mass is 10.1. The van der Waals surface area contributed by atoms with E-state index in [1.807, 2.05) is 23.6 Å². The van der Waals surface area contributed by atoms with E-state index in [0.29, 0.717) is 42.8 Å². The SMILES string of the molecule is CC(C)NC(=O)CN1CCCN(c2cc(C(F)(F)F)nc3ccccc23)CC1. The van der Waals surface area contributed by atoms with Crippen molar-refractivity contribution in [1.82, 2.24) is 15.2 Å². The van der Waals surface area contributed by atoms with Crippen LogP contribution < -0.4 is 10.2 Å². The zero-order valence-electron chi connectivity index (χ0n) is 16.1. The van der Waals surface area contributed by atoms with Crippen LogP contribution in [0.25, 0.3) is 10.9 Å². The maximum absolute atomic E-state index is 13.3. The van der Waals surface area contributed by atoms with Gasteiger partial charge in [0.1, 0.15) is 5.69 Å². The number of hydrogen-bond donors (Lipinski definition) is 1. The number of benzene rings is 1. The summed E-state index contributed by atoms with van der Waals surface area (Å²) in [4.78, 5) is 19.8. The highest BCUT2D eigenvalue weighted by molar-refractivity contribution is 5.92. The number of nitrogens with zero attached hydrogens (tertiary/aromatic N) is 3. The molecule has 1 fully saturated rings. The number of carbonyl (C=O) groups excluding carboxylic acids is 1.